The van der Waals surface area contributed by atoms with Crippen LogP contribution in [-0.2, 0) is 0 Å². The summed E-state index contributed by atoms with van der Waals surface area (Å²) in [5.74, 6) is -0.636. The van der Waals surface area contributed by atoms with Crippen molar-refractivity contribution in [2.24, 2.45) is 0 Å². The molecule has 0 spiro atoms. The minimum Gasteiger partial charge on any atom is -0.506 e. The van der Waals surface area contributed by atoms with Crippen LogP contribution in [-0.4, -0.2) is 35.6 Å². The van der Waals surface area contributed by atoms with Crippen molar-refractivity contribution in [1.29, 1.82) is 0 Å². The maximum Gasteiger partial charge on any atom is 0.358 e. The van der Waals surface area contributed by atoms with Gasteiger partial charge in [-0.3, -0.25) is 0 Å². The number of ether oxygens (including phenoxy) is 2. The summed E-state index contributed by atoms with van der Waals surface area (Å²) < 4.78 is 15.4. The minimum absolute atomic E-state index is 0.0987. The zero-order chi connectivity index (χ0) is 14.9. The Morgan fingerprint density at radius 2 is 2.05 bits per heavy atom. The fourth-order valence-corrected chi connectivity index (χ4v) is 2.20. The van der Waals surface area contributed by atoms with Crippen molar-refractivity contribution in [3.8, 4) is 28.6 Å². The van der Waals surface area contributed by atoms with E-state index in [4.69, 9.17) is 19.1 Å². The van der Waals surface area contributed by atoms with Gasteiger partial charge in [-0.2, -0.15) is 0 Å². The van der Waals surface area contributed by atoms with E-state index in [9.17, 15) is 9.90 Å². The first-order valence-electron chi connectivity index (χ1n) is 5.33. The molecule has 2 rings (SSSR count). The molecule has 0 saturated carbocycles. The van der Waals surface area contributed by atoms with Crippen LogP contribution in [0.5, 0.6) is 17.2 Å². The molecule has 0 atom stereocenters. The van der Waals surface area contributed by atoms with E-state index < -0.39 is 5.97 Å². The smallest absolute Gasteiger partial charge is 0.358 e. The van der Waals surface area contributed by atoms with E-state index in [1.807, 2.05) is 0 Å². The molecule has 0 aliphatic carbocycles. The number of aromatic carboxylic acids is 1. The van der Waals surface area contributed by atoms with Gasteiger partial charge < -0.3 is 24.2 Å². The van der Waals surface area contributed by atoms with E-state index in [0.717, 1.165) is 0 Å². The fourth-order valence-electron chi connectivity index (χ4n) is 1.63. The Hall–Kier alpha value is -2.22. The number of aromatic hydroxyl groups is 1. The molecule has 20 heavy (non-hydrogen) atoms. The summed E-state index contributed by atoms with van der Waals surface area (Å²) in [5, 5.41) is 22.3. The van der Waals surface area contributed by atoms with Gasteiger partial charge >= 0.3 is 5.97 Å². The standard InChI is InChI=1S/C12H10BrNO6/c1-18-8-3-5(10(15)9(13)11(8)19-2)7-4-6(12(16)17)14-20-7/h3-4,15H,1-2H3,(H,16,17). The van der Waals surface area contributed by atoms with Gasteiger partial charge in [0.2, 0.25) is 0 Å². The molecule has 0 aliphatic rings. The molecule has 0 bridgehead atoms. The highest BCUT2D eigenvalue weighted by atomic mass is 79.9. The Morgan fingerprint density at radius 1 is 1.35 bits per heavy atom. The molecule has 0 amide bonds. The number of halogens is 1. The maximum absolute atomic E-state index is 10.8. The molecule has 0 fully saturated rings. The molecule has 1 heterocycles. The first-order chi connectivity index (χ1) is 9.49. The summed E-state index contributed by atoms with van der Waals surface area (Å²) in [6.07, 6.45) is 0. The Labute approximate surface area is 121 Å². The molecule has 0 saturated heterocycles. The number of rotatable bonds is 4. The van der Waals surface area contributed by atoms with Crippen LogP contribution in [0.1, 0.15) is 10.5 Å². The molecular weight excluding hydrogens is 334 g/mol. The lowest BCUT2D eigenvalue weighted by molar-refractivity contribution is 0.0686. The van der Waals surface area contributed by atoms with E-state index in [1.165, 1.54) is 26.4 Å². The van der Waals surface area contributed by atoms with Crippen molar-refractivity contribution < 1.29 is 29.0 Å². The number of phenols is 1. The zero-order valence-corrected chi connectivity index (χ0v) is 12.1. The van der Waals surface area contributed by atoms with Gasteiger partial charge in [-0.15, -0.1) is 0 Å². The lowest BCUT2D eigenvalue weighted by atomic mass is 10.1. The van der Waals surface area contributed by atoms with E-state index in [0.29, 0.717) is 11.5 Å². The molecular formula is C12H10BrNO6. The largest absolute Gasteiger partial charge is 0.506 e. The molecule has 0 radical (unpaired) electrons. The Kier molecular flexibility index (Phi) is 3.84. The van der Waals surface area contributed by atoms with Crippen molar-refractivity contribution in [3.05, 3.63) is 22.3 Å². The van der Waals surface area contributed by atoms with E-state index in [-0.39, 0.29) is 27.2 Å². The second kappa shape index (κ2) is 5.41. The molecule has 2 aromatic rings. The number of carboxylic acid groups (broad SMARTS) is 1. The molecule has 1 aromatic heterocycles. The Bertz CT molecular complexity index is 666. The lowest BCUT2D eigenvalue weighted by Gasteiger charge is -2.12. The van der Waals surface area contributed by atoms with Gasteiger partial charge in [0.1, 0.15) is 10.2 Å². The van der Waals surface area contributed by atoms with Crippen LogP contribution >= 0.6 is 15.9 Å². The number of carbonyl (C=O) groups is 1. The first-order valence-corrected chi connectivity index (χ1v) is 6.12. The summed E-state index contributed by atoms with van der Waals surface area (Å²) in [6, 6.07) is 2.67. The second-order valence-corrected chi connectivity index (χ2v) is 4.50. The van der Waals surface area contributed by atoms with Crippen molar-refractivity contribution in [2.45, 2.75) is 0 Å². The van der Waals surface area contributed by atoms with Crippen LogP contribution in [0.4, 0.5) is 0 Å². The molecule has 2 N–H and O–H groups in total. The normalized spacial score (nSPS) is 10.3. The summed E-state index contributed by atoms with van der Waals surface area (Å²) >= 11 is 3.18. The van der Waals surface area contributed by atoms with E-state index in [2.05, 4.69) is 21.1 Å². The highest BCUT2D eigenvalue weighted by molar-refractivity contribution is 9.10. The molecule has 1 aromatic carbocycles. The number of nitrogens with zero attached hydrogens (tertiary/aromatic N) is 1. The minimum atomic E-state index is -1.22. The average molecular weight is 344 g/mol. The predicted molar refractivity (Wildman–Crippen MR) is 71.4 cm³/mol. The van der Waals surface area contributed by atoms with E-state index >= 15 is 0 Å². The quantitative estimate of drug-likeness (QED) is 0.879. The molecule has 7 nitrogen and oxygen atoms in total. The van der Waals surface area contributed by atoms with Crippen LogP contribution in [0.2, 0.25) is 0 Å². The van der Waals surface area contributed by atoms with Crippen LogP contribution < -0.4 is 9.47 Å². The van der Waals surface area contributed by atoms with Crippen LogP contribution in [0.3, 0.4) is 0 Å². The number of hydrogen-bond acceptors (Lipinski definition) is 6. The van der Waals surface area contributed by atoms with Crippen molar-refractivity contribution >= 4 is 21.9 Å². The van der Waals surface area contributed by atoms with Gasteiger partial charge in [-0.05, 0) is 22.0 Å². The van der Waals surface area contributed by atoms with Crippen molar-refractivity contribution in [1.82, 2.24) is 5.16 Å². The number of phenolic OH excluding ortho intramolecular Hbond substituents is 1. The van der Waals surface area contributed by atoms with Gasteiger partial charge in [0.15, 0.2) is 23.0 Å². The van der Waals surface area contributed by atoms with Gasteiger partial charge in [-0.1, -0.05) is 5.16 Å². The number of hydrogen-bond donors (Lipinski definition) is 2. The maximum atomic E-state index is 10.8. The summed E-state index contributed by atoms with van der Waals surface area (Å²) in [6.45, 7) is 0. The monoisotopic (exact) mass is 343 g/mol. The number of benzene rings is 1. The lowest BCUT2D eigenvalue weighted by Crippen LogP contribution is -1.95. The van der Waals surface area contributed by atoms with Gasteiger partial charge in [0.05, 0.1) is 19.8 Å². The summed E-state index contributed by atoms with van der Waals surface area (Å²) in [4.78, 5) is 10.8. The third-order valence-corrected chi connectivity index (χ3v) is 3.32. The molecule has 0 aliphatic heterocycles. The molecule has 106 valence electrons. The number of carboxylic acids is 1. The second-order valence-electron chi connectivity index (χ2n) is 3.70. The van der Waals surface area contributed by atoms with Gasteiger partial charge in [-0.25, -0.2) is 4.79 Å². The first kappa shape index (κ1) is 14.2. The molecule has 8 heteroatoms. The zero-order valence-electron chi connectivity index (χ0n) is 10.5. The summed E-state index contributed by atoms with van der Waals surface area (Å²) in [7, 11) is 2.87. The third-order valence-electron chi connectivity index (χ3n) is 2.58. The highest BCUT2D eigenvalue weighted by Crippen LogP contribution is 2.47. The number of methoxy groups -OCH3 is 2. The van der Waals surface area contributed by atoms with Gasteiger partial charge in [0, 0.05) is 6.07 Å². The van der Waals surface area contributed by atoms with Crippen LogP contribution in [0, 0.1) is 0 Å². The fraction of sp³-hybridized carbons (Fsp3) is 0.167. The Balaban J connectivity index is 2.61. The van der Waals surface area contributed by atoms with Crippen LogP contribution in [0.25, 0.3) is 11.3 Å². The average Bonchev–Trinajstić information content (AvgIpc) is 2.91. The topological polar surface area (TPSA) is 102 Å². The number of aromatic nitrogens is 1. The van der Waals surface area contributed by atoms with Crippen LogP contribution in [0.15, 0.2) is 21.1 Å². The van der Waals surface area contributed by atoms with Gasteiger partial charge in [0.25, 0.3) is 0 Å². The van der Waals surface area contributed by atoms with E-state index in [1.54, 1.807) is 0 Å². The van der Waals surface area contributed by atoms with Crippen molar-refractivity contribution in [3.63, 3.8) is 0 Å². The SMILES string of the molecule is COc1cc(-c2cc(C(=O)O)no2)c(O)c(Br)c1OC. The predicted octanol–water partition coefficient (Wildman–Crippen LogP) is 2.53. The highest BCUT2D eigenvalue weighted by Gasteiger charge is 2.22. The summed E-state index contributed by atoms with van der Waals surface area (Å²) in [5.41, 5.74) is -0.0279. The molecule has 0 unspecified atom stereocenters. The van der Waals surface area contributed by atoms with Crippen molar-refractivity contribution in [2.75, 3.05) is 14.2 Å². The third kappa shape index (κ3) is 2.29. The Morgan fingerprint density at radius 3 is 2.55 bits per heavy atom.